The Labute approximate surface area is 118 Å². The van der Waals surface area contributed by atoms with Crippen LogP contribution in [-0.2, 0) is 19.1 Å². The Hall–Kier alpha value is -1.14. The minimum Gasteiger partial charge on any atom is -0.479 e. The number of amides is 1. The lowest BCUT2D eigenvalue weighted by Gasteiger charge is -2.32. The molecule has 2 unspecified atom stereocenters. The molecule has 2 N–H and O–H groups in total. The van der Waals surface area contributed by atoms with Crippen molar-refractivity contribution >= 4 is 11.9 Å². The zero-order valence-electron chi connectivity index (χ0n) is 12.0. The number of carboxylic acid groups (broad SMARTS) is 1. The predicted molar refractivity (Wildman–Crippen MR) is 71.3 cm³/mol. The van der Waals surface area contributed by atoms with E-state index in [1.165, 1.54) is 0 Å². The van der Waals surface area contributed by atoms with Crippen LogP contribution in [0.4, 0.5) is 0 Å². The smallest absolute Gasteiger partial charge is 0.332 e. The second kappa shape index (κ2) is 6.54. The maximum absolute atomic E-state index is 12.1. The van der Waals surface area contributed by atoms with Crippen molar-refractivity contribution in [2.75, 3.05) is 6.61 Å². The molecule has 0 spiro atoms. The number of carbonyl (C=O) groups is 2. The van der Waals surface area contributed by atoms with Crippen molar-refractivity contribution in [2.45, 2.75) is 63.9 Å². The largest absolute Gasteiger partial charge is 0.479 e. The first-order chi connectivity index (χ1) is 9.47. The Bertz CT molecular complexity index is 371. The summed E-state index contributed by atoms with van der Waals surface area (Å²) < 4.78 is 10.9. The van der Waals surface area contributed by atoms with Crippen LogP contribution in [0.1, 0.15) is 39.5 Å². The quantitative estimate of drug-likeness (QED) is 0.803. The van der Waals surface area contributed by atoms with E-state index < -0.39 is 18.2 Å². The fourth-order valence-electron chi connectivity index (χ4n) is 2.73. The molecular formula is C14H23NO5. The van der Waals surface area contributed by atoms with E-state index in [2.05, 4.69) is 19.2 Å². The van der Waals surface area contributed by atoms with Crippen molar-refractivity contribution in [1.82, 2.24) is 5.32 Å². The number of hydrogen-bond acceptors (Lipinski definition) is 4. The zero-order chi connectivity index (χ0) is 14.7. The second-order valence-corrected chi connectivity index (χ2v) is 5.91. The normalized spacial score (nSPS) is 34.1. The summed E-state index contributed by atoms with van der Waals surface area (Å²) in [6.07, 6.45) is 1.17. The number of ether oxygens (including phenoxy) is 2. The van der Waals surface area contributed by atoms with E-state index in [1.807, 2.05) is 0 Å². The second-order valence-electron chi connectivity index (χ2n) is 5.91. The minimum absolute atomic E-state index is 0.0936. The lowest BCUT2D eigenvalue weighted by Crippen LogP contribution is -2.47. The maximum atomic E-state index is 12.1. The van der Waals surface area contributed by atoms with E-state index in [-0.39, 0.29) is 18.1 Å². The van der Waals surface area contributed by atoms with Gasteiger partial charge in [0.25, 0.3) is 0 Å². The third-order valence-electron chi connectivity index (χ3n) is 3.99. The van der Waals surface area contributed by atoms with Crippen LogP contribution >= 0.6 is 0 Å². The Morgan fingerprint density at radius 1 is 1.20 bits per heavy atom. The third-order valence-corrected chi connectivity index (χ3v) is 3.99. The van der Waals surface area contributed by atoms with Crippen molar-refractivity contribution in [3.8, 4) is 0 Å². The van der Waals surface area contributed by atoms with Gasteiger partial charge in [-0.1, -0.05) is 13.8 Å². The first-order valence-corrected chi connectivity index (χ1v) is 7.27. The van der Waals surface area contributed by atoms with Crippen LogP contribution < -0.4 is 5.32 Å². The molecule has 114 valence electrons. The highest BCUT2D eigenvalue weighted by Crippen LogP contribution is 2.23. The van der Waals surface area contributed by atoms with Crippen molar-refractivity contribution in [1.29, 1.82) is 0 Å². The van der Waals surface area contributed by atoms with Crippen molar-refractivity contribution in [3.05, 3.63) is 0 Å². The molecule has 2 fully saturated rings. The number of aliphatic carboxylic acids is 1. The Balaban J connectivity index is 1.81. The predicted octanol–water partition coefficient (Wildman–Crippen LogP) is 0.938. The molecule has 0 aromatic heterocycles. The van der Waals surface area contributed by atoms with Crippen molar-refractivity contribution in [2.24, 2.45) is 5.92 Å². The molecule has 0 aromatic carbocycles. The summed E-state index contributed by atoms with van der Waals surface area (Å²) in [7, 11) is 0. The fraction of sp³-hybridized carbons (Fsp3) is 0.857. The van der Waals surface area contributed by atoms with Gasteiger partial charge in [0.1, 0.15) is 6.10 Å². The van der Waals surface area contributed by atoms with E-state index in [9.17, 15) is 9.59 Å². The van der Waals surface area contributed by atoms with Gasteiger partial charge in [-0.15, -0.1) is 0 Å². The molecule has 2 saturated heterocycles. The van der Waals surface area contributed by atoms with E-state index in [4.69, 9.17) is 14.6 Å². The highest BCUT2D eigenvalue weighted by Gasteiger charge is 2.36. The van der Waals surface area contributed by atoms with Crippen molar-refractivity contribution in [3.63, 3.8) is 0 Å². The average molecular weight is 285 g/mol. The summed E-state index contributed by atoms with van der Waals surface area (Å²) in [5.74, 6) is -0.761. The Kier molecular flexibility index (Phi) is 4.99. The van der Waals surface area contributed by atoms with Gasteiger partial charge >= 0.3 is 5.97 Å². The molecular weight excluding hydrogens is 262 g/mol. The summed E-state index contributed by atoms with van der Waals surface area (Å²) in [4.78, 5) is 22.9. The summed E-state index contributed by atoms with van der Waals surface area (Å²) in [5, 5.41) is 11.8. The van der Waals surface area contributed by atoms with Gasteiger partial charge < -0.3 is 19.9 Å². The average Bonchev–Trinajstić information content (AvgIpc) is 2.88. The molecule has 4 atom stereocenters. The molecule has 1 amide bonds. The van der Waals surface area contributed by atoms with Gasteiger partial charge in [0.15, 0.2) is 6.10 Å². The summed E-state index contributed by atoms with van der Waals surface area (Å²) in [6, 6.07) is 0.0936. The molecule has 0 bridgehead atoms. The molecule has 2 heterocycles. The first-order valence-electron chi connectivity index (χ1n) is 7.27. The van der Waals surface area contributed by atoms with Crippen LogP contribution in [0, 0.1) is 5.92 Å². The highest BCUT2D eigenvalue weighted by atomic mass is 16.5. The minimum atomic E-state index is -0.994. The topological polar surface area (TPSA) is 84.9 Å². The van der Waals surface area contributed by atoms with E-state index >= 15 is 0 Å². The van der Waals surface area contributed by atoms with Crippen molar-refractivity contribution < 1.29 is 24.2 Å². The molecule has 6 nitrogen and oxygen atoms in total. The Morgan fingerprint density at radius 3 is 2.50 bits per heavy atom. The maximum Gasteiger partial charge on any atom is 0.332 e. The third kappa shape index (κ3) is 3.70. The van der Waals surface area contributed by atoms with Gasteiger partial charge in [-0.3, -0.25) is 4.79 Å². The molecule has 0 aliphatic carbocycles. The lowest BCUT2D eigenvalue weighted by molar-refractivity contribution is -0.152. The van der Waals surface area contributed by atoms with Gasteiger partial charge in [0, 0.05) is 12.6 Å². The van der Waals surface area contributed by atoms with Gasteiger partial charge in [-0.25, -0.2) is 4.79 Å². The molecule has 0 aromatic rings. The first kappa shape index (κ1) is 15.3. The molecule has 6 heteroatoms. The summed E-state index contributed by atoms with van der Waals surface area (Å²) >= 11 is 0. The van der Waals surface area contributed by atoms with Gasteiger partial charge in [-0.05, 0) is 31.6 Å². The van der Waals surface area contributed by atoms with E-state index in [1.54, 1.807) is 0 Å². The monoisotopic (exact) mass is 285 g/mol. The number of carbonyl (C=O) groups excluding carboxylic acids is 1. The zero-order valence-corrected chi connectivity index (χ0v) is 12.0. The van der Waals surface area contributed by atoms with Crippen LogP contribution in [0.2, 0.25) is 0 Å². The molecule has 0 saturated carbocycles. The van der Waals surface area contributed by atoms with Crippen LogP contribution in [0.5, 0.6) is 0 Å². The molecule has 0 radical (unpaired) electrons. The number of carboxylic acids is 1. The molecule has 20 heavy (non-hydrogen) atoms. The van der Waals surface area contributed by atoms with Gasteiger partial charge in [0.2, 0.25) is 5.91 Å². The van der Waals surface area contributed by atoms with Gasteiger partial charge in [-0.2, -0.15) is 0 Å². The highest BCUT2D eigenvalue weighted by molar-refractivity contribution is 5.82. The van der Waals surface area contributed by atoms with Crippen LogP contribution in [0.3, 0.4) is 0 Å². The number of hydrogen-bond donors (Lipinski definition) is 2. The summed E-state index contributed by atoms with van der Waals surface area (Å²) in [6.45, 7) is 4.86. The number of rotatable bonds is 4. The molecule has 2 rings (SSSR count). The van der Waals surface area contributed by atoms with E-state index in [0.29, 0.717) is 25.4 Å². The van der Waals surface area contributed by atoms with Crippen LogP contribution in [0.25, 0.3) is 0 Å². The van der Waals surface area contributed by atoms with Crippen LogP contribution in [0.15, 0.2) is 0 Å². The molecule has 2 aliphatic rings. The van der Waals surface area contributed by atoms with E-state index in [0.717, 1.165) is 12.8 Å². The SMILES string of the molecule is CC(C)C1CC(NC(=O)[C@@H]2CC[C@H](C(=O)O)O2)CCO1. The molecule has 2 aliphatic heterocycles. The summed E-state index contributed by atoms with van der Waals surface area (Å²) in [5.41, 5.74) is 0. The lowest BCUT2D eigenvalue weighted by atomic mass is 9.95. The van der Waals surface area contributed by atoms with Crippen LogP contribution in [-0.4, -0.2) is 47.9 Å². The van der Waals surface area contributed by atoms with Gasteiger partial charge in [0.05, 0.1) is 6.10 Å². The Morgan fingerprint density at radius 2 is 1.90 bits per heavy atom. The number of nitrogens with one attached hydrogen (secondary N) is 1. The fourth-order valence-corrected chi connectivity index (χ4v) is 2.73. The standard InChI is InChI=1S/C14H23NO5/c1-8(2)12-7-9(5-6-19-12)15-13(16)10-3-4-11(20-10)14(17)18/h8-12H,3-7H2,1-2H3,(H,15,16)(H,17,18)/t9?,10-,11+,12?/m0/s1.